The second-order valence-electron chi connectivity index (χ2n) is 10.7. The molecule has 0 spiro atoms. The Hall–Kier alpha value is -3.12. The minimum absolute atomic E-state index is 0.0291. The Bertz CT molecular complexity index is 1320. The molecule has 0 unspecified atom stereocenters. The lowest BCUT2D eigenvalue weighted by atomic mass is 9.68. The highest BCUT2D eigenvalue weighted by Crippen LogP contribution is 2.53. The molecule has 0 aromatic heterocycles. The largest absolute Gasteiger partial charge is 0.0587 e. The lowest BCUT2D eigenvalue weighted by Gasteiger charge is -2.34. The summed E-state index contributed by atoms with van der Waals surface area (Å²) in [5.74, 6) is 0. The molecule has 0 saturated carbocycles. The van der Waals surface area contributed by atoms with Crippen LogP contribution in [0.3, 0.4) is 0 Å². The van der Waals surface area contributed by atoms with Crippen LogP contribution in [0.1, 0.15) is 55.6 Å². The van der Waals surface area contributed by atoms with Crippen LogP contribution in [0.5, 0.6) is 0 Å². The molecular formula is C33H30. The molecule has 0 aliphatic heterocycles. The molecule has 0 atom stereocenters. The summed E-state index contributed by atoms with van der Waals surface area (Å²) >= 11 is 0. The summed E-state index contributed by atoms with van der Waals surface area (Å²) in [5, 5.41) is 0. The predicted octanol–water partition coefficient (Wildman–Crippen LogP) is 7.25. The molecule has 0 saturated heterocycles. The molecule has 4 aromatic rings. The first-order chi connectivity index (χ1) is 16.1. The third kappa shape index (κ3) is 2.90. The van der Waals surface area contributed by atoms with Crippen molar-refractivity contribution in [2.24, 2.45) is 0 Å². The monoisotopic (exact) mass is 426 g/mol. The highest BCUT2D eigenvalue weighted by Gasteiger charge is 2.43. The Kier molecular flexibility index (Phi) is 4.07. The molecule has 0 bridgehead atoms. The van der Waals surface area contributed by atoms with E-state index in [1.807, 2.05) is 0 Å². The van der Waals surface area contributed by atoms with E-state index >= 15 is 0 Å². The maximum Gasteiger partial charge on any atom is 0.0295 e. The first-order valence-electron chi connectivity index (χ1n) is 12.5. The fraction of sp³-hybridized carbons (Fsp3) is 0.273. The fourth-order valence-electron chi connectivity index (χ4n) is 6.58. The lowest BCUT2D eigenvalue weighted by molar-refractivity contribution is 0.518. The molecule has 3 aliphatic rings. The van der Waals surface area contributed by atoms with Crippen LogP contribution in [0.2, 0.25) is 0 Å². The van der Waals surface area contributed by atoms with E-state index in [2.05, 4.69) is 86.6 Å². The number of hydrogen-bond acceptors (Lipinski definition) is 0. The molecule has 0 amide bonds. The van der Waals surface area contributed by atoms with Gasteiger partial charge in [-0.3, -0.25) is 0 Å². The van der Waals surface area contributed by atoms with Crippen molar-refractivity contribution < 1.29 is 0 Å². The van der Waals surface area contributed by atoms with Crippen LogP contribution in [-0.2, 0) is 43.9 Å². The zero-order chi connectivity index (χ0) is 22.2. The minimum atomic E-state index is -0.0291. The lowest BCUT2D eigenvalue weighted by Crippen LogP contribution is -2.32. The molecule has 0 radical (unpaired) electrons. The van der Waals surface area contributed by atoms with Gasteiger partial charge < -0.3 is 0 Å². The number of aryl methyl sites for hydroxylation is 6. The van der Waals surface area contributed by atoms with Crippen molar-refractivity contribution in [3.05, 3.63) is 128 Å². The van der Waals surface area contributed by atoms with Gasteiger partial charge in [0.15, 0.2) is 0 Å². The summed E-state index contributed by atoms with van der Waals surface area (Å²) in [5.41, 5.74) is 17.8. The number of rotatable bonds is 4. The summed E-state index contributed by atoms with van der Waals surface area (Å²) in [7, 11) is 0. The summed E-state index contributed by atoms with van der Waals surface area (Å²) < 4.78 is 0. The first kappa shape index (κ1) is 19.4. The van der Waals surface area contributed by atoms with E-state index < -0.39 is 0 Å². The SMILES string of the molecule is Cc1ccc2c(c1)C(Cc1ccc3c(c1)CC3)(Cc1ccc3c(c1)CC3)c1cc(C)ccc1-2. The maximum absolute atomic E-state index is 2.50. The molecule has 162 valence electrons. The fourth-order valence-corrected chi connectivity index (χ4v) is 6.58. The average Bonchev–Trinajstić information content (AvgIpc) is 3.01. The van der Waals surface area contributed by atoms with E-state index in [1.54, 1.807) is 22.3 Å². The highest BCUT2D eigenvalue weighted by atomic mass is 14.5. The van der Waals surface area contributed by atoms with Crippen molar-refractivity contribution in [1.29, 1.82) is 0 Å². The van der Waals surface area contributed by atoms with E-state index in [-0.39, 0.29) is 5.41 Å². The van der Waals surface area contributed by atoms with E-state index in [0.29, 0.717) is 0 Å². The van der Waals surface area contributed by atoms with Gasteiger partial charge >= 0.3 is 0 Å². The molecule has 4 aromatic carbocycles. The van der Waals surface area contributed by atoms with Gasteiger partial charge in [-0.15, -0.1) is 0 Å². The first-order valence-corrected chi connectivity index (χ1v) is 12.5. The van der Waals surface area contributed by atoms with Crippen LogP contribution in [0.4, 0.5) is 0 Å². The standard InChI is InChI=1S/C33H30/c1-21-3-13-29-30-14-4-22(2)16-32(30)33(31(29)15-21,19-23-5-7-25-9-11-27(25)17-23)20-24-6-8-26-10-12-28(26)18-24/h3-8,13-18H,9-12,19-20H2,1-2H3. The molecule has 0 heteroatoms. The van der Waals surface area contributed by atoms with Gasteiger partial charge in [0.2, 0.25) is 0 Å². The topological polar surface area (TPSA) is 0 Å². The highest BCUT2D eigenvalue weighted by molar-refractivity contribution is 5.82. The Morgan fingerprint density at radius 3 is 1.36 bits per heavy atom. The van der Waals surface area contributed by atoms with Crippen molar-refractivity contribution in [1.82, 2.24) is 0 Å². The zero-order valence-corrected chi connectivity index (χ0v) is 19.7. The normalized spacial score (nSPS) is 16.2. The molecule has 0 nitrogen and oxygen atoms in total. The molecule has 0 N–H and O–H groups in total. The Balaban J connectivity index is 1.45. The Labute approximate surface area is 197 Å². The van der Waals surface area contributed by atoms with Crippen molar-refractivity contribution in [2.75, 3.05) is 0 Å². The van der Waals surface area contributed by atoms with Gasteiger partial charge in [0.05, 0.1) is 0 Å². The van der Waals surface area contributed by atoms with E-state index in [4.69, 9.17) is 0 Å². The van der Waals surface area contributed by atoms with Crippen LogP contribution < -0.4 is 0 Å². The van der Waals surface area contributed by atoms with Gasteiger partial charge in [-0.1, -0.05) is 83.9 Å². The van der Waals surface area contributed by atoms with Crippen LogP contribution in [0, 0.1) is 13.8 Å². The zero-order valence-electron chi connectivity index (χ0n) is 19.7. The Morgan fingerprint density at radius 1 is 0.515 bits per heavy atom. The molecule has 7 rings (SSSR count). The summed E-state index contributed by atoms with van der Waals surface area (Å²) in [6, 6.07) is 28.9. The van der Waals surface area contributed by atoms with E-state index in [0.717, 1.165) is 12.8 Å². The summed E-state index contributed by atoms with van der Waals surface area (Å²) in [6.07, 6.45) is 7.10. The van der Waals surface area contributed by atoms with Crippen LogP contribution in [0.15, 0.2) is 72.8 Å². The summed E-state index contributed by atoms with van der Waals surface area (Å²) in [4.78, 5) is 0. The van der Waals surface area contributed by atoms with Crippen molar-refractivity contribution in [3.8, 4) is 11.1 Å². The van der Waals surface area contributed by atoms with Gasteiger partial charge in [0.1, 0.15) is 0 Å². The minimum Gasteiger partial charge on any atom is -0.0587 e. The molecule has 33 heavy (non-hydrogen) atoms. The average molecular weight is 427 g/mol. The summed E-state index contributed by atoms with van der Waals surface area (Å²) in [6.45, 7) is 4.49. The van der Waals surface area contributed by atoms with Gasteiger partial charge in [0.25, 0.3) is 0 Å². The van der Waals surface area contributed by atoms with Crippen LogP contribution >= 0.6 is 0 Å². The second kappa shape index (κ2) is 6.94. The maximum atomic E-state index is 2.50. The molecule has 0 fully saturated rings. The number of benzene rings is 4. The third-order valence-corrected chi connectivity index (χ3v) is 8.55. The molecular weight excluding hydrogens is 396 g/mol. The third-order valence-electron chi connectivity index (χ3n) is 8.55. The second-order valence-corrected chi connectivity index (χ2v) is 10.7. The Morgan fingerprint density at radius 2 is 0.970 bits per heavy atom. The van der Waals surface area contributed by atoms with Gasteiger partial charge in [-0.25, -0.2) is 0 Å². The van der Waals surface area contributed by atoms with Gasteiger partial charge in [-0.2, -0.15) is 0 Å². The van der Waals surface area contributed by atoms with Crippen molar-refractivity contribution >= 4 is 0 Å². The predicted molar refractivity (Wildman–Crippen MR) is 137 cm³/mol. The molecule has 0 heterocycles. The van der Waals surface area contributed by atoms with E-state index in [9.17, 15) is 0 Å². The van der Waals surface area contributed by atoms with Crippen LogP contribution in [0.25, 0.3) is 11.1 Å². The van der Waals surface area contributed by atoms with Gasteiger partial charge in [-0.05, 0) is 108 Å². The molecule has 3 aliphatic carbocycles. The number of hydrogen-bond donors (Lipinski definition) is 0. The smallest absolute Gasteiger partial charge is 0.0295 e. The van der Waals surface area contributed by atoms with Crippen LogP contribution in [-0.4, -0.2) is 0 Å². The van der Waals surface area contributed by atoms with Gasteiger partial charge in [0, 0.05) is 5.41 Å². The number of fused-ring (bicyclic) bond motifs is 5. The van der Waals surface area contributed by atoms with E-state index in [1.165, 1.54) is 70.2 Å². The van der Waals surface area contributed by atoms with Crippen molar-refractivity contribution in [3.63, 3.8) is 0 Å². The van der Waals surface area contributed by atoms with Crippen molar-refractivity contribution in [2.45, 2.75) is 57.8 Å². The quantitative estimate of drug-likeness (QED) is 0.322.